The third-order valence-electron chi connectivity index (χ3n) is 4.88. The number of hydrogen-bond acceptors (Lipinski definition) is 2. The molecule has 0 fully saturated rings. The Labute approximate surface area is 155 Å². The highest BCUT2D eigenvalue weighted by Gasteiger charge is 2.19. The first-order chi connectivity index (χ1) is 12.5. The fourth-order valence-corrected chi connectivity index (χ4v) is 3.35. The van der Waals surface area contributed by atoms with Crippen molar-refractivity contribution in [1.82, 2.24) is 14.9 Å². The summed E-state index contributed by atoms with van der Waals surface area (Å²) in [7, 11) is 0. The number of fused-ring (bicyclic) bond motifs is 1. The van der Waals surface area contributed by atoms with Gasteiger partial charge in [0.2, 0.25) is 5.91 Å². The van der Waals surface area contributed by atoms with Crippen LogP contribution in [0.2, 0.25) is 0 Å². The van der Waals surface area contributed by atoms with Crippen molar-refractivity contribution in [3.63, 3.8) is 0 Å². The summed E-state index contributed by atoms with van der Waals surface area (Å²) >= 11 is 0. The van der Waals surface area contributed by atoms with Crippen molar-refractivity contribution in [3.05, 3.63) is 65.5 Å². The standard InChI is InChI=1S/C22H27N3O/c1-5-17-10-12-18(13-11-17)22(15(2)3)24-21(26)14-25-16(4)23-19-8-6-7-9-20(19)25/h6-13,15,22H,5,14H2,1-4H3,(H,24,26)/t22-/m1/s1. The number of rotatable bonds is 6. The number of nitrogens with one attached hydrogen (secondary N) is 1. The van der Waals surface area contributed by atoms with E-state index in [1.807, 2.05) is 35.8 Å². The predicted molar refractivity (Wildman–Crippen MR) is 106 cm³/mol. The average molecular weight is 349 g/mol. The van der Waals surface area contributed by atoms with Crippen molar-refractivity contribution in [2.24, 2.45) is 5.92 Å². The number of amides is 1. The van der Waals surface area contributed by atoms with E-state index < -0.39 is 0 Å². The van der Waals surface area contributed by atoms with E-state index in [2.05, 4.69) is 55.3 Å². The maximum atomic E-state index is 12.8. The molecule has 0 spiro atoms. The van der Waals surface area contributed by atoms with Crippen LogP contribution in [0.1, 0.15) is 43.8 Å². The second-order valence-corrected chi connectivity index (χ2v) is 7.12. The molecule has 1 atom stereocenters. The Kier molecular flexibility index (Phi) is 5.40. The zero-order valence-electron chi connectivity index (χ0n) is 16.0. The summed E-state index contributed by atoms with van der Waals surface area (Å²) in [5.74, 6) is 1.18. The first kappa shape index (κ1) is 18.2. The van der Waals surface area contributed by atoms with Crippen LogP contribution >= 0.6 is 0 Å². The topological polar surface area (TPSA) is 46.9 Å². The van der Waals surface area contributed by atoms with Gasteiger partial charge in [-0.15, -0.1) is 0 Å². The maximum absolute atomic E-state index is 12.8. The fraction of sp³-hybridized carbons (Fsp3) is 0.364. The summed E-state index contributed by atoms with van der Waals surface area (Å²) in [5, 5.41) is 3.21. The van der Waals surface area contributed by atoms with Gasteiger partial charge < -0.3 is 9.88 Å². The summed E-state index contributed by atoms with van der Waals surface area (Å²) in [4.78, 5) is 17.3. The Morgan fingerprint density at radius 3 is 2.46 bits per heavy atom. The second kappa shape index (κ2) is 7.73. The zero-order chi connectivity index (χ0) is 18.7. The molecule has 3 rings (SSSR count). The molecule has 4 nitrogen and oxygen atoms in total. The van der Waals surface area contributed by atoms with E-state index in [0.29, 0.717) is 5.92 Å². The monoisotopic (exact) mass is 349 g/mol. The fourth-order valence-electron chi connectivity index (χ4n) is 3.35. The Hall–Kier alpha value is -2.62. The summed E-state index contributed by atoms with van der Waals surface area (Å²) in [6, 6.07) is 16.5. The molecule has 0 aliphatic carbocycles. The first-order valence-electron chi connectivity index (χ1n) is 9.29. The first-order valence-corrected chi connectivity index (χ1v) is 9.29. The molecule has 0 aliphatic rings. The van der Waals surface area contributed by atoms with Crippen LogP contribution in [-0.4, -0.2) is 15.5 Å². The lowest BCUT2D eigenvalue weighted by Gasteiger charge is -2.23. The van der Waals surface area contributed by atoms with Gasteiger partial charge in [-0.05, 0) is 42.5 Å². The van der Waals surface area contributed by atoms with Crippen molar-refractivity contribution in [3.8, 4) is 0 Å². The molecular formula is C22H27N3O. The summed E-state index contributed by atoms with van der Waals surface area (Å²) in [6.07, 6.45) is 1.02. The molecule has 0 unspecified atom stereocenters. The molecule has 1 N–H and O–H groups in total. The largest absolute Gasteiger partial charge is 0.347 e. The molecule has 136 valence electrons. The lowest BCUT2D eigenvalue weighted by Crippen LogP contribution is -2.34. The molecule has 3 aromatic rings. The van der Waals surface area contributed by atoms with Gasteiger partial charge in [-0.3, -0.25) is 4.79 Å². The van der Waals surface area contributed by atoms with Gasteiger partial charge in [0.15, 0.2) is 0 Å². The van der Waals surface area contributed by atoms with Gasteiger partial charge >= 0.3 is 0 Å². The molecule has 2 aromatic carbocycles. The van der Waals surface area contributed by atoms with E-state index in [4.69, 9.17) is 0 Å². The molecule has 0 bridgehead atoms. The Balaban J connectivity index is 1.78. The van der Waals surface area contributed by atoms with E-state index >= 15 is 0 Å². The molecule has 1 heterocycles. The van der Waals surface area contributed by atoms with Crippen LogP contribution in [0.4, 0.5) is 0 Å². The van der Waals surface area contributed by atoms with Crippen molar-refractivity contribution in [1.29, 1.82) is 0 Å². The second-order valence-electron chi connectivity index (χ2n) is 7.12. The van der Waals surface area contributed by atoms with Gasteiger partial charge in [-0.1, -0.05) is 57.2 Å². The number of carbonyl (C=O) groups excluding carboxylic acids is 1. The summed E-state index contributed by atoms with van der Waals surface area (Å²) < 4.78 is 1.97. The van der Waals surface area contributed by atoms with E-state index in [1.165, 1.54) is 5.56 Å². The lowest BCUT2D eigenvalue weighted by atomic mass is 9.95. The number of nitrogens with zero attached hydrogens (tertiary/aromatic N) is 2. The summed E-state index contributed by atoms with van der Waals surface area (Å²) in [5.41, 5.74) is 4.38. The minimum absolute atomic E-state index is 0.00324. The molecular weight excluding hydrogens is 322 g/mol. The van der Waals surface area contributed by atoms with Gasteiger partial charge in [0.1, 0.15) is 12.4 Å². The van der Waals surface area contributed by atoms with E-state index in [0.717, 1.165) is 28.8 Å². The van der Waals surface area contributed by atoms with Crippen molar-refractivity contribution < 1.29 is 4.79 Å². The van der Waals surface area contributed by atoms with Crippen LogP contribution in [0, 0.1) is 12.8 Å². The van der Waals surface area contributed by atoms with Crippen LogP contribution in [0.15, 0.2) is 48.5 Å². The molecule has 0 aliphatic heterocycles. The van der Waals surface area contributed by atoms with Crippen LogP contribution in [-0.2, 0) is 17.8 Å². The van der Waals surface area contributed by atoms with Crippen molar-refractivity contribution in [2.75, 3.05) is 0 Å². The van der Waals surface area contributed by atoms with Crippen molar-refractivity contribution in [2.45, 2.75) is 46.7 Å². The molecule has 4 heteroatoms. The minimum Gasteiger partial charge on any atom is -0.347 e. The third-order valence-corrected chi connectivity index (χ3v) is 4.88. The smallest absolute Gasteiger partial charge is 0.240 e. The molecule has 0 saturated heterocycles. The lowest BCUT2D eigenvalue weighted by molar-refractivity contribution is -0.122. The highest BCUT2D eigenvalue weighted by molar-refractivity contribution is 5.81. The highest BCUT2D eigenvalue weighted by atomic mass is 16.2. The zero-order valence-corrected chi connectivity index (χ0v) is 16.0. The number of imidazole rings is 1. The number of para-hydroxylation sites is 2. The van der Waals surface area contributed by atoms with Crippen molar-refractivity contribution >= 4 is 16.9 Å². The van der Waals surface area contributed by atoms with Gasteiger partial charge in [-0.25, -0.2) is 4.98 Å². The van der Waals surface area contributed by atoms with Gasteiger partial charge in [-0.2, -0.15) is 0 Å². The normalized spacial score (nSPS) is 12.5. The maximum Gasteiger partial charge on any atom is 0.240 e. The van der Waals surface area contributed by atoms with E-state index in [1.54, 1.807) is 0 Å². The van der Waals surface area contributed by atoms with E-state index in [9.17, 15) is 4.79 Å². The Morgan fingerprint density at radius 1 is 1.12 bits per heavy atom. The van der Waals surface area contributed by atoms with Crippen LogP contribution in [0.25, 0.3) is 11.0 Å². The summed E-state index contributed by atoms with van der Waals surface area (Å²) in [6.45, 7) is 8.64. The molecule has 26 heavy (non-hydrogen) atoms. The number of aryl methyl sites for hydroxylation is 2. The SMILES string of the molecule is CCc1ccc([C@H](NC(=O)Cn2c(C)nc3ccccc32)C(C)C)cc1. The van der Waals surface area contributed by atoms with Gasteiger partial charge in [0, 0.05) is 0 Å². The minimum atomic E-state index is 0.00324. The van der Waals surface area contributed by atoms with Gasteiger partial charge in [0.05, 0.1) is 17.1 Å². The number of carbonyl (C=O) groups is 1. The molecule has 1 aromatic heterocycles. The van der Waals surface area contributed by atoms with Crippen LogP contribution < -0.4 is 5.32 Å². The van der Waals surface area contributed by atoms with E-state index in [-0.39, 0.29) is 18.5 Å². The predicted octanol–water partition coefficient (Wildman–Crippen LogP) is 4.42. The molecule has 0 saturated carbocycles. The number of hydrogen-bond donors (Lipinski definition) is 1. The molecule has 0 radical (unpaired) electrons. The highest BCUT2D eigenvalue weighted by Crippen LogP contribution is 2.23. The number of aromatic nitrogens is 2. The molecule has 1 amide bonds. The van der Waals surface area contributed by atoms with Crippen LogP contribution in [0.5, 0.6) is 0 Å². The number of benzene rings is 2. The van der Waals surface area contributed by atoms with Gasteiger partial charge in [0.25, 0.3) is 0 Å². The Morgan fingerprint density at radius 2 is 1.81 bits per heavy atom. The van der Waals surface area contributed by atoms with Crippen LogP contribution in [0.3, 0.4) is 0 Å². The Bertz CT molecular complexity index is 893. The third kappa shape index (κ3) is 3.79. The quantitative estimate of drug-likeness (QED) is 0.716. The average Bonchev–Trinajstić information content (AvgIpc) is 2.95.